The fourth-order valence-electron chi connectivity index (χ4n) is 3.17. The maximum absolute atomic E-state index is 12.6. The number of hydrogen-bond donors (Lipinski definition) is 0. The van der Waals surface area contributed by atoms with Crippen LogP contribution in [0.25, 0.3) is 0 Å². The molecule has 0 saturated carbocycles. The van der Waals surface area contributed by atoms with Gasteiger partial charge in [-0.3, -0.25) is 4.79 Å². The number of rotatable bonds is 3. The van der Waals surface area contributed by atoms with Crippen molar-refractivity contribution in [3.8, 4) is 0 Å². The Hall–Kier alpha value is -1.66. The first-order valence-electron chi connectivity index (χ1n) is 8.08. The van der Waals surface area contributed by atoms with E-state index in [1.54, 1.807) is 30.3 Å². The third-order valence-electron chi connectivity index (χ3n) is 4.55. The molecule has 0 N–H and O–H groups in total. The van der Waals surface area contributed by atoms with E-state index in [9.17, 15) is 13.2 Å². The monoisotopic (exact) mass is 334 g/mol. The molecule has 1 saturated heterocycles. The normalized spacial score (nSPS) is 23.0. The lowest BCUT2D eigenvalue weighted by atomic mass is 9.93. The molecule has 1 aromatic rings. The molecule has 1 fully saturated rings. The highest BCUT2D eigenvalue weighted by molar-refractivity contribution is 7.89. The Labute approximate surface area is 137 Å². The molecule has 0 spiro atoms. The number of allylic oxidation sites excluding steroid dienone is 2. The first kappa shape index (κ1) is 16.2. The fraction of sp³-hybridized carbons (Fsp3) is 0.471. The fourth-order valence-corrected chi connectivity index (χ4v) is 4.61. The Morgan fingerprint density at radius 2 is 1.70 bits per heavy atom. The number of amides is 1. The Bertz CT molecular complexity index is 677. The van der Waals surface area contributed by atoms with Crippen molar-refractivity contribution in [2.75, 3.05) is 26.2 Å². The van der Waals surface area contributed by atoms with Gasteiger partial charge in [0.25, 0.3) is 0 Å². The van der Waals surface area contributed by atoms with Crippen molar-refractivity contribution in [1.82, 2.24) is 9.21 Å². The molecular formula is C17H22N2O3S. The van der Waals surface area contributed by atoms with Crippen LogP contribution in [0.2, 0.25) is 0 Å². The van der Waals surface area contributed by atoms with E-state index in [1.807, 2.05) is 4.90 Å². The van der Waals surface area contributed by atoms with Crippen LogP contribution >= 0.6 is 0 Å². The topological polar surface area (TPSA) is 57.7 Å². The minimum absolute atomic E-state index is 0.0669. The minimum atomic E-state index is -3.45. The molecule has 0 bridgehead atoms. The molecule has 1 atom stereocenters. The molecule has 3 rings (SSSR count). The zero-order valence-electron chi connectivity index (χ0n) is 13.1. The van der Waals surface area contributed by atoms with Crippen LogP contribution in [0.4, 0.5) is 0 Å². The molecule has 0 unspecified atom stereocenters. The summed E-state index contributed by atoms with van der Waals surface area (Å²) in [6, 6.07) is 8.48. The third-order valence-corrected chi connectivity index (χ3v) is 6.46. The second-order valence-corrected chi connectivity index (χ2v) is 7.96. The van der Waals surface area contributed by atoms with Crippen LogP contribution in [0.15, 0.2) is 47.4 Å². The molecule has 124 valence electrons. The second kappa shape index (κ2) is 6.84. The molecule has 6 heteroatoms. The average Bonchev–Trinajstić information content (AvgIpc) is 2.63. The van der Waals surface area contributed by atoms with Crippen LogP contribution in [0.3, 0.4) is 0 Å². The Morgan fingerprint density at radius 3 is 2.30 bits per heavy atom. The molecule has 1 aromatic carbocycles. The minimum Gasteiger partial charge on any atom is -0.340 e. The van der Waals surface area contributed by atoms with Crippen molar-refractivity contribution >= 4 is 15.9 Å². The number of benzene rings is 1. The molecule has 1 amide bonds. The molecular weight excluding hydrogens is 312 g/mol. The molecule has 23 heavy (non-hydrogen) atoms. The maximum atomic E-state index is 12.6. The molecule has 0 aromatic heterocycles. The van der Waals surface area contributed by atoms with Crippen molar-refractivity contribution in [2.45, 2.75) is 24.2 Å². The standard InChI is InChI=1S/C17H22N2O3S/c20-17(15-7-3-1-4-8-15)18-11-13-19(14-12-18)23(21,22)16-9-5-2-6-10-16/h1-3,5-6,9-10,15H,4,7-8,11-14H2/t15-/m0/s1. The quantitative estimate of drug-likeness (QED) is 0.793. The van der Waals surface area contributed by atoms with Crippen LogP contribution in [-0.4, -0.2) is 49.7 Å². The van der Waals surface area contributed by atoms with E-state index in [2.05, 4.69) is 12.2 Å². The van der Waals surface area contributed by atoms with Crippen molar-refractivity contribution in [2.24, 2.45) is 5.92 Å². The van der Waals surface area contributed by atoms with Crippen molar-refractivity contribution < 1.29 is 13.2 Å². The molecule has 1 aliphatic carbocycles. The van der Waals surface area contributed by atoms with Crippen LogP contribution < -0.4 is 0 Å². The van der Waals surface area contributed by atoms with Gasteiger partial charge in [0.1, 0.15) is 0 Å². The van der Waals surface area contributed by atoms with Crippen LogP contribution in [-0.2, 0) is 14.8 Å². The van der Waals surface area contributed by atoms with Crippen LogP contribution in [0, 0.1) is 5.92 Å². The van der Waals surface area contributed by atoms with Gasteiger partial charge in [-0.25, -0.2) is 8.42 Å². The lowest BCUT2D eigenvalue weighted by molar-refractivity contribution is -0.137. The van der Waals surface area contributed by atoms with Gasteiger partial charge in [-0.2, -0.15) is 4.31 Å². The predicted molar refractivity (Wildman–Crippen MR) is 88.3 cm³/mol. The van der Waals surface area contributed by atoms with Crippen LogP contribution in [0.1, 0.15) is 19.3 Å². The van der Waals surface area contributed by atoms with Crippen molar-refractivity contribution in [3.05, 3.63) is 42.5 Å². The van der Waals surface area contributed by atoms with E-state index < -0.39 is 10.0 Å². The molecule has 1 heterocycles. The highest BCUT2D eigenvalue weighted by atomic mass is 32.2. The Morgan fingerprint density at radius 1 is 1.00 bits per heavy atom. The summed E-state index contributed by atoms with van der Waals surface area (Å²) in [4.78, 5) is 14.6. The first-order valence-corrected chi connectivity index (χ1v) is 9.52. The molecule has 5 nitrogen and oxygen atoms in total. The van der Waals surface area contributed by atoms with E-state index >= 15 is 0 Å². The van der Waals surface area contributed by atoms with Gasteiger partial charge in [0, 0.05) is 32.1 Å². The smallest absolute Gasteiger partial charge is 0.243 e. The summed E-state index contributed by atoms with van der Waals surface area (Å²) in [5, 5.41) is 0. The summed E-state index contributed by atoms with van der Waals surface area (Å²) in [6.07, 6.45) is 6.86. The largest absolute Gasteiger partial charge is 0.340 e. The Balaban J connectivity index is 1.62. The highest BCUT2D eigenvalue weighted by Crippen LogP contribution is 2.23. The van der Waals surface area contributed by atoms with E-state index in [0.717, 1.165) is 19.3 Å². The van der Waals surface area contributed by atoms with Gasteiger partial charge in [0.15, 0.2) is 0 Å². The summed E-state index contributed by atoms with van der Waals surface area (Å²) in [5.74, 6) is 0.239. The number of carbonyl (C=O) groups is 1. The first-order chi connectivity index (χ1) is 11.1. The summed E-state index contributed by atoms with van der Waals surface area (Å²) >= 11 is 0. The predicted octanol–water partition coefficient (Wildman–Crippen LogP) is 1.88. The van der Waals surface area contributed by atoms with Gasteiger partial charge in [-0.15, -0.1) is 0 Å². The zero-order valence-corrected chi connectivity index (χ0v) is 13.9. The van der Waals surface area contributed by atoms with Gasteiger partial charge in [-0.05, 0) is 31.4 Å². The number of piperazine rings is 1. The molecule has 1 aliphatic heterocycles. The number of hydrogen-bond acceptors (Lipinski definition) is 3. The number of nitrogens with zero attached hydrogens (tertiary/aromatic N) is 2. The lowest BCUT2D eigenvalue weighted by Gasteiger charge is -2.36. The zero-order chi connectivity index (χ0) is 16.3. The van der Waals surface area contributed by atoms with Crippen LogP contribution in [0.5, 0.6) is 0 Å². The Kier molecular flexibility index (Phi) is 4.82. The van der Waals surface area contributed by atoms with E-state index in [0.29, 0.717) is 31.1 Å². The number of sulfonamides is 1. The summed E-state index contributed by atoms with van der Waals surface area (Å²) in [5.41, 5.74) is 0. The highest BCUT2D eigenvalue weighted by Gasteiger charge is 2.32. The molecule has 0 radical (unpaired) electrons. The SMILES string of the molecule is O=C([C@H]1CC=CCC1)N1CCN(S(=O)(=O)c2ccccc2)CC1. The van der Waals surface area contributed by atoms with Crippen molar-refractivity contribution in [1.29, 1.82) is 0 Å². The summed E-state index contributed by atoms with van der Waals surface area (Å²) < 4.78 is 26.6. The van der Waals surface area contributed by atoms with Gasteiger partial charge in [-0.1, -0.05) is 30.4 Å². The maximum Gasteiger partial charge on any atom is 0.243 e. The number of carbonyl (C=O) groups excluding carboxylic acids is 1. The van der Waals surface area contributed by atoms with E-state index in [4.69, 9.17) is 0 Å². The van der Waals surface area contributed by atoms with Gasteiger partial charge >= 0.3 is 0 Å². The third kappa shape index (κ3) is 3.48. The second-order valence-electron chi connectivity index (χ2n) is 6.02. The van der Waals surface area contributed by atoms with Gasteiger partial charge in [0.05, 0.1) is 4.90 Å². The van der Waals surface area contributed by atoms with E-state index in [-0.39, 0.29) is 11.8 Å². The molecule has 2 aliphatic rings. The van der Waals surface area contributed by atoms with Crippen molar-refractivity contribution in [3.63, 3.8) is 0 Å². The summed E-state index contributed by atoms with van der Waals surface area (Å²) in [6.45, 7) is 1.69. The van der Waals surface area contributed by atoms with Gasteiger partial charge < -0.3 is 4.90 Å². The summed E-state index contributed by atoms with van der Waals surface area (Å²) in [7, 11) is -3.45. The lowest BCUT2D eigenvalue weighted by Crippen LogP contribution is -2.51. The van der Waals surface area contributed by atoms with E-state index in [1.165, 1.54) is 4.31 Å². The van der Waals surface area contributed by atoms with Gasteiger partial charge in [0.2, 0.25) is 15.9 Å². The average molecular weight is 334 g/mol.